The molecule has 1 nitrogen and oxygen atoms in total. The van der Waals surface area contributed by atoms with Crippen molar-refractivity contribution in [1.82, 2.24) is 0 Å². The van der Waals surface area contributed by atoms with Crippen molar-refractivity contribution in [2.45, 2.75) is 40.0 Å². The van der Waals surface area contributed by atoms with Gasteiger partial charge in [0.05, 0.1) is 11.6 Å². The molecule has 0 aliphatic heterocycles. The molecule has 0 unspecified atom stereocenters. The van der Waals surface area contributed by atoms with E-state index in [9.17, 15) is 4.39 Å². The Bertz CT molecular complexity index is 402. The first-order valence-electron chi connectivity index (χ1n) is 5.67. The highest BCUT2D eigenvalue weighted by Gasteiger charge is 2.19. The van der Waals surface area contributed by atoms with Crippen LogP contribution in [-0.2, 0) is 6.42 Å². The van der Waals surface area contributed by atoms with Gasteiger partial charge in [-0.05, 0) is 36.0 Å². The summed E-state index contributed by atoms with van der Waals surface area (Å²) in [6, 6.07) is 6.67. The summed E-state index contributed by atoms with van der Waals surface area (Å²) < 4.78 is 13.7. The van der Waals surface area contributed by atoms with E-state index >= 15 is 0 Å². The zero-order chi connectivity index (χ0) is 12.2. The van der Waals surface area contributed by atoms with Crippen molar-refractivity contribution in [2.24, 2.45) is 5.41 Å². The van der Waals surface area contributed by atoms with Gasteiger partial charge in [0.15, 0.2) is 0 Å². The van der Waals surface area contributed by atoms with Crippen molar-refractivity contribution in [1.29, 1.82) is 5.26 Å². The third-order valence-electron chi connectivity index (χ3n) is 2.78. The maximum Gasteiger partial charge on any atom is 0.127 e. The van der Waals surface area contributed by atoms with Crippen molar-refractivity contribution < 1.29 is 4.39 Å². The van der Waals surface area contributed by atoms with Crippen LogP contribution in [-0.4, -0.2) is 0 Å². The number of nitriles is 1. The third-order valence-corrected chi connectivity index (χ3v) is 2.78. The predicted molar refractivity (Wildman–Crippen MR) is 63.5 cm³/mol. The Morgan fingerprint density at radius 2 is 2.06 bits per heavy atom. The Morgan fingerprint density at radius 1 is 1.38 bits per heavy atom. The molecule has 0 spiro atoms. The largest absolute Gasteiger partial charge is 0.207 e. The molecule has 0 aliphatic rings. The normalized spacial score (nSPS) is 11.2. The molecule has 0 aromatic heterocycles. The molecular formula is C14H18FN. The van der Waals surface area contributed by atoms with Crippen LogP contribution in [0.2, 0.25) is 0 Å². The maximum atomic E-state index is 13.7. The Morgan fingerprint density at radius 3 is 2.56 bits per heavy atom. The van der Waals surface area contributed by atoms with Gasteiger partial charge in [-0.3, -0.25) is 0 Å². The highest BCUT2D eigenvalue weighted by atomic mass is 19.1. The van der Waals surface area contributed by atoms with Crippen LogP contribution in [0.25, 0.3) is 0 Å². The lowest BCUT2D eigenvalue weighted by Crippen LogP contribution is -2.15. The molecule has 0 bridgehead atoms. The molecule has 0 saturated carbocycles. The van der Waals surface area contributed by atoms with Crippen LogP contribution in [0.15, 0.2) is 18.2 Å². The second-order valence-electron chi connectivity index (χ2n) is 5.01. The summed E-state index contributed by atoms with van der Waals surface area (Å²) in [4.78, 5) is 0. The first-order chi connectivity index (χ1) is 7.48. The summed E-state index contributed by atoms with van der Waals surface area (Å²) in [5.74, 6) is -0.261. The summed E-state index contributed by atoms with van der Waals surface area (Å²) in [6.07, 6.45) is 2.90. The standard InChI is InChI=1S/C14H18FN/c1-4-7-14(2,3)9-12-6-5-11(10-16)8-13(12)15/h5-6,8H,4,7,9H2,1-3H3. The zero-order valence-corrected chi connectivity index (χ0v) is 10.2. The predicted octanol–water partition coefficient (Wildman–Crippen LogP) is 4.07. The van der Waals surface area contributed by atoms with E-state index in [1.165, 1.54) is 6.07 Å². The van der Waals surface area contributed by atoms with Gasteiger partial charge in [-0.25, -0.2) is 4.39 Å². The van der Waals surface area contributed by atoms with Crippen molar-refractivity contribution in [3.63, 3.8) is 0 Å². The molecule has 1 rings (SSSR count). The second kappa shape index (κ2) is 5.12. The number of halogens is 1. The van der Waals surface area contributed by atoms with E-state index < -0.39 is 0 Å². The maximum absolute atomic E-state index is 13.7. The lowest BCUT2D eigenvalue weighted by atomic mass is 9.81. The van der Waals surface area contributed by atoms with E-state index in [0.29, 0.717) is 11.1 Å². The van der Waals surface area contributed by atoms with E-state index in [1.807, 2.05) is 6.07 Å². The van der Waals surface area contributed by atoms with Gasteiger partial charge in [0, 0.05) is 0 Å². The average molecular weight is 219 g/mol. The summed E-state index contributed by atoms with van der Waals surface area (Å²) in [7, 11) is 0. The number of nitrogens with zero attached hydrogens (tertiary/aromatic N) is 1. The van der Waals surface area contributed by atoms with Gasteiger partial charge in [0.25, 0.3) is 0 Å². The Balaban J connectivity index is 2.86. The molecule has 0 fully saturated rings. The minimum atomic E-state index is -0.261. The Kier molecular flexibility index (Phi) is 4.06. The van der Waals surface area contributed by atoms with Gasteiger partial charge >= 0.3 is 0 Å². The molecule has 1 aromatic rings. The second-order valence-corrected chi connectivity index (χ2v) is 5.01. The minimum Gasteiger partial charge on any atom is -0.207 e. The lowest BCUT2D eigenvalue weighted by Gasteiger charge is -2.24. The fourth-order valence-corrected chi connectivity index (χ4v) is 2.04. The topological polar surface area (TPSA) is 23.8 Å². The molecule has 0 saturated heterocycles. The third kappa shape index (κ3) is 3.34. The van der Waals surface area contributed by atoms with Crippen LogP contribution in [0, 0.1) is 22.6 Å². The highest BCUT2D eigenvalue weighted by molar-refractivity contribution is 5.33. The van der Waals surface area contributed by atoms with E-state index in [2.05, 4.69) is 20.8 Å². The zero-order valence-electron chi connectivity index (χ0n) is 10.2. The fraction of sp³-hybridized carbons (Fsp3) is 0.500. The van der Waals surface area contributed by atoms with Gasteiger partial charge in [-0.1, -0.05) is 33.3 Å². The Hall–Kier alpha value is -1.36. The summed E-state index contributed by atoms with van der Waals surface area (Å²) >= 11 is 0. The summed E-state index contributed by atoms with van der Waals surface area (Å²) in [5.41, 5.74) is 1.20. The molecule has 2 heteroatoms. The number of benzene rings is 1. The smallest absolute Gasteiger partial charge is 0.127 e. The van der Waals surface area contributed by atoms with E-state index in [-0.39, 0.29) is 11.2 Å². The van der Waals surface area contributed by atoms with Crippen LogP contribution in [0.1, 0.15) is 44.7 Å². The average Bonchev–Trinajstić information content (AvgIpc) is 2.20. The number of hydrogen-bond acceptors (Lipinski definition) is 1. The van der Waals surface area contributed by atoms with E-state index in [0.717, 1.165) is 19.3 Å². The lowest BCUT2D eigenvalue weighted by molar-refractivity contribution is 0.324. The summed E-state index contributed by atoms with van der Waals surface area (Å²) in [6.45, 7) is 6.43. The van der Waals surface area contributed by atoms with Gasteiger partial charge in [0.1, 0.15) is 5.82 Å². The van der Waals surface area contributed by atoms with Gasteiger partial charge < -0.3 is 0 Å². The number of rotatable bonds is 4. The molecule has 86 valence electrons. The van der Waals surface area contributed by atoms with Crippen LogP contribution in [0.4, 0.5) is 4.39 Å². The minimum absolute atomic E-state index is 0.115. The molecule has 0 aliphatic carbocycles. The van der Waals surface area contributed by atoms with Crippen molar-refractivity contribution >= 4 is 0 Å². The van der Waals surface area contributed by atoms with Crippen LogP contribution < -0.4 is 0 Å². The molecule has 0 heterocycles. The van der Waals surface area contributed by atoms with Gasteiger partial charge in [-0.2, -0.15) is 5.26 Å². The molecule has 0 radical (unpaired) electrons. The monoisotopic (exact) mass is 219 g/mol. The molecule has 0 amide bonds. The first kappa shape index (κ1) is 12.7. The van der Waals surface area contributed by atoms with Crippen molar-refractivity contribution in [2.75, 3.05) is 0 Å². The summed E-state index contributed by atoms with van der Waals surface area (Å²) in [5, 5.41) is 8.65. The van der Waals surface area contributed by atoms with Crippen LogP contribution in [0.5, 0.6) is 0 Å². The quantitative estimate of drug-likeness (QED) is 0.749. The highest BCUT2D eigenvalue weighted by Crippen LogP contribution is 2.28. The fourth-order valence-electron chi connectivity index (χ4n) is 2.04. The van der Waals surface area contributed by atoms with Crippen molar-refractivity contribution in [3.8, 4) is 6.07 Å². The van der Waals surface area contributed by atoms with Crippen LogP contribution in [0.3, 0.4) is 0 Å². The van der Waals surface area contributed by atoms with Crippen LogP contribution >= 0.6 is 0 Å². The SMILES string of the molecule is CCCC(C)(C)Cc1ccc(C#N)cc1F. The molecule has 1 aromatic carbocycles. The number of hydrogen-bond donors (Lipinski definition) is 0. The van der Waals surface area contributed by atoms with E-state index in [4.69, 9.17) is 5.26 Å². The molecule has 0 atom stereocenters. The van der Waals surface area contributed by atoms with Crippen molar-refractivity contribution in [3.05, 3.63) is 35.1 Å². The van der Waals surface area contributed by atoms with Gasteiger partial charge in [0.2, 0.25) is 0 Å². The first-order valence-corrected chi connectivity index (χ1v) is 5.67. The van der Waals surface area contributed by atoms with Gasteiger partial charge in [-0.15, -0.1) is 0 Å². The molecule has 16 heavy (non-hydrogen) atoms. The molecular weight excluding hydrogens is 201 g/mol. The Labute approximate surface area is 96.9 Å². The van der Waals surface area contributed by atoms with E-state index in [1.54, 1.807) is 12.1 Å². The molecule has 0 N–H and O–H groups in total.